The Morgan fingerprint density at radius 1 is 1.04 bits per heavy atom. The summed E-state index contributed by atoms with van der Waals surface area (Å²) in [6.07, 6.45) is -0.609. The summed E-state index contributed by atoms with van der Waals surface area (Å²) >= 11 is 0. The number of hydrogen-bond acceptors (Lipinski definition) is 4. The first-order chi connectivity index (χ1) is 11.1. The third-order valence-corrected chi connectivity index (χ3v) is 6.93. The lowest BCUT2D eigenvalue weighted by atomic mass is 9.97. The van der Waals surface area contributed by atoms with Crippen LogP contribution in [0.25, 0.3) is 4.91 Å². The van der Waals surface area contributed by atoms with E-state index in [-0.39, 0.29) is 11.0 Å². The Labute approximate surface area is 134 Å². The van der Waals surface area contributed by atoms with Gasteiger partial charge in [-0.1, -0.05) is 42.5 Å². The highest BCUT2D eigenvalue weighted by Gasteiger charge is 2.72. The largest absolute Gasteiger partial charge is 0.390 e. The number of rotatable bonds is 2. The van der Waals surface area contributed by atoms with Gasteiger partial charge in [0.2, 0.25) is 9.84 Å². The maximum Gasteiger partial charge on any atom is 0.207 e. The highest BCUT2D eigenvalue weighted by molar-refractivity contribution is 8.00. The molecule has 5 rings (SSSR count). The van der Waals surface area contributed by atoms with Crippen LogP contribution in [0, 0.1) is 0 Å². The fourth-order valence-corrected chi connectivity index (χ4v) is 5.84. The molecule has 2 fully saturated rings. The van der Waals surface area contributed by atoms with Gasteiger partial charge in [0.25, 0.3) is 0 Å². The molecule has 2 aromatic carbocycles. The predicted molar refractivity (Wildman–Crippen MR) is 84.2 cm³/mol. The van der Waals surface area contributed by atoms with Crippen molar-refractivity contribution in [1.29, 1.82) is 0 Å². The first-order valence-corrected chi connectivity index (χ1v) is 9.04. The van der Waals surface area contributed by atoms with Crippen molar-refractivity contribution in [2.24, 2.45) is 0 Å². The number of aliphatic hydroxyl groups excluding tert-OH is 1. The van der Waals surface area contributed by atoms with Gasteiger partial charge in [0.1, 0.15) is 11.7 Å². The molecule has 116 valence electrons. The number of aliphatic hydroxyl groups is 1. The van der Waals surface area contributed by atoms with Gasteiger partial charge in [0.05, 0.1) is 15.9 Å². The van der Waals surface area contributed by atoms with Gasteiger partial charge in [-0.25, -0.2) is 8.42 Å². The van der Waals surface area contributed by atoms with E-state index in [4.69, 9.17) is 4.74 Å². The average Bonchev–Trinajstić information content (AvgIpc) is 3.16. The van der Waals surface area contributed by atoms with E-state index in [2.05, 4.69) is 0 Å². The Balaban J connectivity index is 1.81. The van der Waals surface area contributed by atoms with E-state index in [1.807, 2.05) is 24.3 Å². The summed E-state index contributed by atoms with van der Waals surface area (Å²) < 4.78 is 32.2. The molecule has 1 aliphatic heterocycles. The van der Waals surface area contributed by atoms with Crippen LogP contribution in [-0.2, 0) is 20.2 Å². The van der Waals surface area contributed by atoms with Crippen molar-refractivity contribution in [2.45, 2.75) is 29.1 Å². The highest BCUT2D eigenvalue weighted by Crippen LogP contribution is 2.67. The Morgan fingerprint density at radius 2 is 1.74 bits per heavy atom. The van der Waals surface area contributed by atoms with Gasteiger partial charge in [-0.05, 0) is 23.3 Å². The standard InChI is InChI=1S/C18H14O4S/c19-15-10-14-16(23(20,21)11-6-2-1-3-7-11)12-8-4-5-9-13(12)18(14)17(15)22-18/h1-9,15,17,19H,10H2/t15-,17-,18+/m1/s1. The molecule has 2 aromatic rings. The molecular formula is C18H14O4S. The molecule has 0 bridgehead atoms. The summed E-state index contributed by atoms with van der Waals surface area (Å²) in [5, 5.41) is 10.2. The van der Waals surface area contributed by atoms with E-state index < -0.39 is 21.5 Å². The third-order valence-electron chi connectivity index (χ3n) is 5.04. The summed E-state index contributed by atoms with van der Waals surface area (Å²) in [6, 6.07) is 15.9. The molecule has 1 saturated carbocycles. The SMILES string of the molecule is O=S(=O)(C1=C2C[C@@H](O)[C@H]3O[C@@]23c2ccccc21)c1ccccc1. The van der Waals surface area contributed by atoms with Crippen molar-refractivity contribution in [3.05, 3.63) is 71.3 Å². The second-order valence-corrected chi connectivity index (χ2v) is 8.10. The first-order valence-electron chi connectivity index (χ1n) is 7.56. The van der Waals surface area contributed by atoms with Crippen molar-refractivity contribution in [3.8, 4) is 0 Å². The van der Waals surface area contributed by atoms with Gasteiger partial charge in [-0.15, -0.1) is 0 Å². The fraction of sp³-hybridized carbons (Fsp3) is 0.222. The molecule has 3 atom stereocenters. The van der Waals surface area contributed by atoms with E-state index in [0.29, 0.717) is 22.5 Å². The van der Waals surface area contributed by atoms with Gasteiger partial charge in [-0.2, -0.15) is 0 Å². The fourth-order valence-electron chi connectivity index (χ4n) is 4.06. The molecule has 23 heavy (non-hydrogen) atoms. The zero-order chi connectivity index (χ0) is 15.8. The van der Waals surface area contributed by atoms with Gasteiger partial charge in [0, 0.05) is 12.0 Å². The number of hydrogen-bond donors (Lipinski definition) is 1. The van der Waals surface area contributed by atoms with Gasteiger partial charge < -0.3 is 9.84 Å². The van der Waals surface area contributed by atoms with Crippen LogP contribution in [-0.4, -0.2) is 25.7 Å². The number of sulfone groups is 1. The molecule has 1 saturated heterocycles. The summed E-state index contributed by atoms with van der Waals surface area (Å²) in [5.41, 5.74) is 1.57. The molecule has 0 unspecified atom stereocenters. The summed E-state index contributed by atoms with van der Waals surface area (Å²) in [7, 11) is -3.65. The van der Waals surface area contributed by atoms with Gasteiger partial charge >= 0.3 is 0 Å². The molecule has 2 aliphatic carbocycles. The van der Waals surface area contributed by atoms with E-state index in [0.717, 1.165) is 5.56 Å². The van der Waals surface area contributed by atoms with Gasteiger partial charge in [0.15, 0.2) is 0 Å². The molecule has 1 spiro atoms. The van der Waals surface area contributed by atoms with Crippen molar-refractivity contribution in [2.75, 3.05) is 0 Å². The Morgan fingerprint density at radius 3 is 2.48 bits per heavy atom. The summed E-state index contributed by atoms with van der Waals surface area (Å²) in [6.45, 7) is 0. The first kappa shape index (κ1) is 13.5. The number of benzene rings is 2. The van der Waals surface area contributed by atoms with Crippen molar-refractivity contribution >= 4 is 14.7 Å². The van der Waals surface area contributed by atoms with Crippen LogP contribution in [0.5, 0.6) is 0 Å². The lowest BCUT2D eigenvalue weighted by Gasteiger charge is -2.10. The third kappa shape index (κ3) is 1.50. The molecule has 0 amide bonds. The number of fused-ring (bicyclic) bond motifs is 1. The highest BCUT2D eigenvalue weighted by atomic mass is 32.2. The lowest BCUT2D eigenvalue weighted by Crippen LogP contribution is -2.12. The molecule has 1 heterocycles. The lowest BCUT2D eigenvalue weighted by molar-refractivity contribution is 0.128. The minimum Gasteiger partial charge on any atom is -0.390 e. The van der Waals surface area contributed by atoms with Crippen LogP contribution in [0.2, 0.25) is 0 Å². The minimum absolute atomic E-state index is 0.271. The maximum atomic E-state index is 13.2. The van der Waals surface area contributed by atoms with Crippen LogP contribution in [0.1, 0.15) is 17.5 Å². The van der Waals surface area contributed by atoms with Crippen molar-refractivity contribution in [1.82, 2.24) is 0 Å². The van der Waals surface area contributed by atoms with Crippen LogP contribution in [0.15, 0.2) is 65.1 Å². The predicted octanol–water partition coefficient (Wildman–Crippen LogP) is 2.24. The second-order valence-electron chi connectivity index (χ2n) is 6.22. The topological polar surface area (TPSA) is 66.9 Å². The monoisotopic (exact) mass is 326 g/mol. The summed E-state index contributed by atoms with van der Waals surface area (Å²) in [5.74, 6) is 0. The number of epoxide rings is 1. The van der Waals surface area contributed by atoms with E-state index in [9.17, 15) is 13.5 Å². The molecule has 0 aromatic heterocycles. The van der Waals surface area contributed by atoms with Crippen LogP contribution in [0.4, 0.5) is 0 Å². The van der Waals surface area contributed by atoms with Crippen LogP contribution < -0.4 is 0 Å². The molecule has 3 aliphatic rings. The zero-order valence-corrected chi connectivity index (χ0v) is 13.0. The molecular weight excluding hydrogens is 312 g/mol. The van der Waals surface area contributed by atoms with Crippen LogP contribution in [0.3, 0.4) is 0 Å². The second kappa shape index (κ2) is 4.12. The van der Waals surface area contributed by atoms with E-state index in [1.165, 1.54) is 0 Å². The van der Waals surface area contributed by atoms with Crippen LogP contribution >= 0.6 is 0 Å². The average molecular weight is 326 g/mol. The minimum atomic E-state index is -3.65. The van der Waals surface area contributed by atoms with E-state index >= 15 is 0 Å². The Bertz CT molecular complexity index is 962. The zero-order valence-electron chi connectivity index (χ0n) is 12.1. The number of ether oxygens (including phenoxy) is 1. The quantitative estimate of drug-likeness (QED) is 0.860. The van der Waals surface area contributed by atoms with Gasteiger partial charge in [-0.3, -0.25) is 0 Å². The smallest absolute Gasteiger partial charge is 0.207 e. The molecule has 5 heteroatoms. The Hall–Kier alpha value is -1.95. The molecule has 4 nitrogen and oxygen atoms in total. The summed E-state index contributed by atoms with van der Waals surface area (Å²) in [4.78, 5) is 0.589. The maximum absolute atomic E-state index is 13.2. The molecule has 0 radical (unpaired) electrons. The molecule has 1 N–H and O–H groups in total. The van der Waals surface area contributed by atoms with Crippen molar-refractivity contribution < 1.29 is 18.3 Å². The normalized spacial score (nSPS) is 30.8. The van der Waals surface area contributed by atoms with E-state index in [1.54, 1.807) is 30.3 Å². The van der Waals surface area contributed by atoms with Crippen molar-refractivity contribution in [3.63, 3.8) is 0 Å². The Kier molecular flexibility index (Phi) is 2.41.